The Morgan fingerprint density at radius 1 is 1.63 bits per heavy atom. The Balaban J connectivity index is 2.10. The zero-order valence-corrected chi connectivity index (χ0v) is 11.8. The predicted molar refractivity (Wildman–Crippen MR) is 76.0 cm³/mol. The molecule has 2 rings (SSSR count). The molecule has 1 atom stereocenters. The van der Waals surface area contributed by atoms with Gasteiger partial charge in [-0.3, -0.25) is 4.79 Å². The van der Waals surface area contributed by atoms with Gasteiger partial charge in [-0.25, -0.2) is 10.8 Å². The summed E-state index contributed by atoms with van der Waals surface area (Å²) in [6.07, 6.45) is 3.42. The van der Waals surface area contributed by atoms with Gasteiger partial charge in [-0.15, -0.1) is 0 Å². The van der Waals surface area contributed by atoms with Gasteiger partial charge >= 0.3 is 0 Å². The summed E-state index contributed by atoms with van der Waals surface area (Å²) >= 11 is 5.88. The largest absolute Gasteiger partial charge is 0.338 e. The number of hydrogen-bond acceptors (Lipinski definition) is 4. The summed E-state index contributed by atoms with van der Waals surface area (Å²) in [7, 11) is 0. The van der Waals surface area contributed by atoms with Gasteiger partial charge in [0, 0.05) is 18.7 Å². The molecular weight excluding hydrogens is 264 g/mol. The summed E-state index contributed by atoms with van der Waals surface area (Å²) in [6, 6.07) is 3.21. The number of carbonyl (C=O) groups is 1. The van der Waals surface area contributed by atoms with E-state index >= 15 is 0 Å². The van der Waals surface area contributed by atoms with Gasteiger partial charge in [0.05, 0.1) is 0 Å². The van der Waals surface area contributed by atoms with Crippen LogP contribution < -0.4 is 11.3 Å². The van der Waals surface area contributed by atoms with Crippen molar-refractivity contribution >= 4 is 23.3 Å². The van der Waals surface area contributed by atoms with E-state index in [1.807, 2.05) is 4.90 Å². The van der Waals surface area contributed by atoms with Gasteiger partial charge in [-0.05, 0) is 30.9 Å². The van der Waals surface area contributed by atoms with Gasteiger partial charge in [-0.1, -0.05) is 24.9 Å². The Morgan fingerprint density at radius 2 is 2.42 bits per heavy atom. The number of hydrogen-bond donors (Lipinski definition) is 2. The maximum absolute atomic E-state index is 12.4. The van der Waals surface area contributed by atoms with Crippen molar-refractivity contribution in [1.29, 1.82) is 0 Å². The lowest BCUT2D eigenvalue weighted by atomic mass is 10.0. The van der Waals surface area contributed by atoms with Gasteiger partial charge in [-0.2, -0.15) is 0 Å². The van der Waals surface area contributed by atoms with Crippen LogP contribution in [0.15, 0.2) is 12.1 Å². The summed E-state index contributed by atoms with van der Waals surface area (Å²) < 4.78 is 0. The Labute approximate surface area is 118 Å². The van der Waals surface area contributed by atoms with Crippen molar-refractivity contribution < 1.29 is 4.79 Å². The van der Waals surface area contributed by atoms with Crippen molar-refractivity contribution in [3.63, 3.8) is 0 Å². The maximum Gasteiger partial charge on any atom is 0.254 e. The number of carbonyl (C=O) groups excluding carboxylic acids is 1. The third-order valence-corrected chi connectivity index (χ3v) is 3.65. The molecule has 1 aliphatic rings. The molecule has 0 aliphatic carbocycles. The minimum atomic E-state index is -0.000553. The van der Waals surface area contributed by atoms with E-state index in [0.29, 0.717) is 17.3 Å². The van der Waals surface area contributed by atoms with E-state index < -0.39 is 0 Å². The van der Waals surface area contributed by atoms with Crippen LogP contribution in [0.2, 0.25) is 5.15 Å². The van der Waals surface area contributed by atoms with Crippen molar-refractivity contribution in [2.45, 2.75) is 26.2 Å². The molecule has 104 valence electrons. The molecule has 5 nitrogen and oxygen atoms in total. The highest BCUT2D eigenvalue weighted by atomic mass is 35.5. The monoisotopic (exact) mass is 282 g/mol. The van der Waals surface area contributed by atoms with Gasteiger partial charge in [0.1, 0.15) is 11.0 Å². The number of halogens is 1. The number of amides is 1. The first-order valence-corrected chi connectivity index (χ1v) is 6.95. The Morgan fingerprint density at radius 3 is 3.11 bits per heavy atom. The number of nitrogen functional groups attached to an aromatic ring is 1. The summed E-state index contributed by atoms with van der Waals surface area (Å²) in [5.41, 5.74) is 2.95. The number of nitrogens with zero attached hydrogens (tertiary/aromatic N) is 2. The van der Waals surface area contributed by atoms with Crippen molar-refractivity contribution in [3.8, 4) is 0 Å². The molecule has 0 aromatic carbocycles. The molecule has 1 fully saturated rings. The molecule has 1 aliphatic heterocycles. The predicted octanol–water partition coefficient (Wildman–Crippen LogP) is 2.28. The third kappa shape index (κ3) is 3.36. The summed E-state index contributed by atoms with van der Waals surface area (Å²) in [5.74, 6) is 6.33. The molecule has 0 saturated carbocycles. The molecule has 0 radical (unpaired) electrons. The molecule has 1 aromatic rings. The molecule has 1 saturated heterocycles. The van der Waals surface area contributed by atoms with Crippen molar-refractivity contribution in [2.24, 2.45) is 11.8 Å². The second-order valence-electron chi connectivity index (χ2n) is 4.90. The average molecular weight is 283 g/mol. The lowest BCUT2D eigenvalue weighted by Gasteiger charge is -2.17. The molecule has 2 heterocycles. The molecule has 1 aromatic heterocycles. The van der Waals surface area contributed by atoms with E-state index in [9.17, 15) is 4.79 Å². The van der Waals surface area contributed by atoms with E-state index in [-0.39, 0.29) is 11.1 Å². The standard InChI is InChI=1S/C13H19ClN4O/c1-2-3-9-4-5-18(8-9)13(19)10-6-11(14)16-12(7-10)17-15/h6-7,9H,2-5,8,15H2,1H3,(H,16,17). The van der Waals surface area contributed by atoms with Crippen LogP contribution in [0.3, 0.4) is 0 Å². The number of likely N-dealkylation sites (tertiary alicyclic amines) is 1. The van der Waals surface area contributed by atoms with Gasteiger partial charge in [0.25, 0.3) is 5.91 Å². The zero-order valence-electron chi connectivity index (χ0n) is 11.0. The molecule has 19 heavy (non-hydrogen) atoms. The molecule has 6 heteroatoms. The zero-order chi connectivity index (χ0) is 13.8. The van der Waals surface area contributed by atoms with Crippen molar-refractivity contribution in [3.05, 3.63) is 22.8 Å². The van der Waals surface area contributed by atoms with Gasteiger partial charge in [0.15, 0.2) is 0 Å². The van der Waals surface area contributed by atoms with Gasteiger partial charge < -0.3 is 10.3 Å². The fourth-order valence-corrected chi connectivity index (χ4v) is 2.75. The summed E-state index contributed by atoms with van der Waals surface area (Å²) in [4.78, 5) is 18.2. The van der Waals surface area contributed by atoms with E-state index in [4.69, 9.17) is 17.4 Å². The van der Waals surface area contributed by atoms with Crippen LogP contribution >= 0.6 is 11.6 Å². The highest BCUT2D eigenvalue weighted by molar-refractivity contribution is 6.29. The second-order valence-corrected chi connectivity index (χ2v) is 5.29. The number of anilines is 1. The van der Waals surface area contributed by atoms with E-state index in [2.05, 4.69) is 17.3 Å². The number of hydrazine groups is 1. The topological polar surface area (TPSA) is 71.2 Å². The summed E-state index contributed by atoms with van der Waals surface area (Å²) in [6.45, 7) is 3.82. The number of nitrogens with two attached hydrogens (primary N) is 1. The Bertz CT molecular complexity index is 466. The highest BCUT2D eigenvalue weighted by Gasteiger charge is 2.26. The normalized spacial score (nSPS) is 18.7. The van der Waals surface area contributed by atoms with E-state index in [0.717, 1.165) is 25.9 Å². The van der Waals surface area contributed by atoms with Crippen LogP contribution in [0.4, 0.5) is 5.82 Å². The first-order valence-electron chi connectivity index (χ1n) is 6.57. The minimum Gasteiger partial charge on any atom is -0.338 e. The lowest BCUT2D eigenvalue weighted by Crippen LogP contribution is -2.29. The van der Waals surface area contributed by atoms with E-state index in [1.54, 1.807) is 12.1 Å². The van der Waals surface area contributed by atoms with Crippen molar-refractivity contribution in [2.75, 3.05) is 18.5 Å². The Hall–Kier alpha value is -1.33. The maximum atomic E-state index is 12.4. The van der Waals surface area contributed by atoms with Crippen molar-refractivity contribution in [1.82, 2.24) is 9.88 Å². The van der Waals surface area contributed by atoms with Crippen LogP contribution in [0.1, 0.15) is 36.5 Å². The second kappa shape index (κ2) is 6.21. The van der Waals surface area contributed by atoms with Crippen LogP contribution in [0, 0.1) is 5.92 Å². The average Bonchev–Trinajstić information content (AvgIpc) is 2.86. The van der Waals surface area contributed by atoms with Crippen LogP contribution in [-0.4, -0.2) is 28.9 Å². The number of pyridine rings is 1. The molecule has 1 unspecified atom stereocenters. The highest BCUT2D eigenvalue weighted by Crippen LogP contribution is 2.23. The summed E-state index contributed by atoms with van der Waals surface area (Å²) in [5, 5.41) is 0.267. The SMILES string of the molecule is CCCC1CCN(C(=O)c2cc(Cl)nc(NN)c2)C1. The number of nitrogens with one attached hydrogen (secondary N) is 1. The molecule has 3 N–H and O–H groups in total. The molecular formula is C13H19ClN4O. The van der Waals surface area contributed by atoms with Crippen LogP contribution in [0.5, 0.6) is 0 Å². The number of rotatable bonds is 4. The van der Waals surface area contributed by atoms with Crippen LogP contribution in [-0.2, 0) is 0 Å². The quantitative estimate of drug-likeness (QED) is 0.505. The molecule has 0 bridgehead atoms. The fourth-order valence-electron chi connectivity index (χ4n) is 2.54. The van der Waals surface area contributed by atoms with Crippen LogP contribution in [0.25, 0.3) is 0 Å². The lowest BCUT2D eigenvalue weighted by molar-refractivity contribution is 0.0786. The van der Waals surface area contributed by atoms with E-state index in [1.165, 1.54) is 6.42 Å². The molecule has 0 spiro atoms. The third-order valence-electron chi connectivity index (χ3n) is 3.46. The smallest absolute Gasteiger partial charge is 0.254 e. The van der Waals surface area contributed by atoms with Gasteiger partial charge in [0.2, 0.25) is 0 Å². The minimum absolute atomic E-state index is 0.000553. The first-order chi connectivity index (χ1) is 9.13. The fraction of sp³-hybridized carbons (Fsp3) is 0.538. The Kier molecular flexibility index (Phi) is 4.61. The number of aromatic nitrogens is 1. The first kappa shape index (κ1) is 14.1. The molecule has 1 amide bonds.